The van der Waals surface area contributed by atoms with Gasteiger partial charge in [0, 0.05) is 13.1 Å². The Balaban J connectivity index is 3.23. The first-order valence-corrected chi connectivity index (χ1v) is 3.29. The summed E-state index contributed by atoms with van der Waals surface area (Å²) < 4.78 is 1.27. The van der Waals surface area contributed by atoms with Crippen LogP contribution >= 0.6 is 11.5 Å². The topological polar surface area (TPSA) is 59.3 Å². The van der Waals surface area contributed by atoms with Crippen LogP contribution in [0, 0.1) is 0 Å². The third-order valence-electron chi connectivity index (χ3n) is 1.01. The molecule has 0 amide bonds. The molecule has 0 radical (unpaired) electrons. The molecule has 5 heteroatoms. The van der Waals surface area contributed by atoms with Gasteiger partial charge in [0.15, 0.2) is 0 Å². The van der Waals surface area contributed by atoms with E-state index in [1.54, 1.807) is 0 Å². The van der Waals surface area contributed by atoms with Crippen LogP contribution < -0.4 is 5.56 Å². The maximum atomic E-state index is 10.7. The van der Waals surface area contributed by atoms with E-state index in [2.05, 4.69) is 0 Å². The van der Waals surface area contributed by atoms with E-state index < -0.39 is 5.97 Å². The monoisotopic (exact) mass is 159 g/mol. The van der Waals surface area contributed by atoms with Gasteiger partial charge in [-0.3, -0.25) is 8.75 Å². The van der Waals surface area contributed by atoms with Gasteiger partial charge in [0.1, 0.15) is 4.88 Å². The molecule has 0 spiro atoms. The van der Waals surface area contributed by atoms with Gasteiger partial charge in [0.2, 0.25) is 0 Å². The number of hydrogen-bond donors (Lipinski definition) is 1. The summed E-state index contributed by atoms with van der Waals surface area (Å²) in [6, 6.07) is 1.10. The lowest BCUT2D eigenvalue weighted by Gasteiger charge is -1.81. The van der Waals surface area contributed by atoms with Gasteiger partial charge in [-0.1, -0.05) is 0 Å². The second-order valence-electron chi connectivity index (χ2n) is 1.74. The molecule has 1 rings (SSSR count). The van der Waals surface area contributed by atoms with Crippen molar-refractivity contribution >= 4 is 17.5 Å². The summed E-state index contributed by atoms with van der Waals surface area (Å²) in [4.78, 5) is 21.0. The number of hydrogen-bond acceptors (Lipinski definition) is 3. The summed E-state index contributed by atoms with van der Waals surface area (Å²) >= 11 is 0.927. The molecule has 0 atom stereocenters. The Bertz CT molecular complexity index is 311. The van der Waals surface area contributed by atoms with Crippen molar-refractivity contribution in [1.82, 2.24) is 3.96 Å². The van der Waals surface area contributed by atoms with Gasteiger partial charge < -0.3 is 5.11 Å². The minimum absolute atomic E-state index is 0.0764. The summed E-state index contributed by atoms with van der Waals surface area (Å²) in [5, 5.41) is 8.38. The van der Waals surface area contributed by atoms with Gasteiger partial charge in [0.25, 0.3) is 5.56 Å². The van der Waals surface area contributed by atoms with Crippen LogP contribution in [0.2, 0.25) is 0 Å². The number of aromatic nitrogens is 1. The van der Waals surface area contributed by atoms with Crippen molar-refractivity contribution in [3.63, 3.8) is 0 Å². The van der Waals surface area contributed by atoms with Crippen molar-refractivity contribution in [3.05, 3.63) is 21.3 Å². The Hall–Kier alpha value is -1.10. The second kappa shape index (κ2) is 2.26. The van der Waals surface area contributed by atoms with Crippen LogP contribution in [0.15, 0.2) is 10.9 Å². The molecule has 1 aromatic rings. The molecule has 0 aliphatic rings. The van der Waals surface area contributed by atoms with E-state index >= 15 is 0 Å². The van der Waals surface area contributed by atoms with Crippen molar-refractivity contribution in [2.24, 2.45) is 7.05 Å². The molecule has 0 aliphatic carbocycles. The van der Waals surface area contributed by atoms with Gasteiger partial charge in [-0.2, -0.15) is 0 Å². The highest BCUT2D eigenvalue weighted by Crippen LogP contribution is 2.02. The average molecular weight is 159 g/mol. The van der Waals surface area contributed by atoms with Crippen LogP contribution in [0.4, 0.5) is 0 Å². The lowest BCUT2D eigenvalue weighted by atomic mass is 10.5. The van der Waals surface area contributed by atoms with E-state index in [0.29, 0.717) is 0 Å². The molecule has 0 unspecified atom stereocenters. The molecule has 1 aromatic heterocycles. The Morgan fingerprint density at radius 1 is 1.80 bits per heavy atom. The van der Waals surface area contributed by atoms with E-state index in [-0.39, 0.29) is 10.4 Å². The molecular weight excluding hydrogens is 154 g/mol. The van der Waals surface area contributed by atoms with E-state index in [0.717, 1.165) is 17.6 Å². The van der Waals surface area contributed by atoms with Crippen LogP contribution in [0.1, 0.15) is 9.67 Å². The Kier molecular flexibility index (Phi) is 1.58. The molecule has 0 fully saturated rings. The zero-order chi connectivity index (χ0) is 7.72. The van der Waals surface area contributed by atoms with Gasteiger partial charge in [-0.25, -0.2) is 4.79 Å². The number of aromatic carboxylic acids is 1. The van der Waals surface area contributed by atoms with E-state index in [1.807, 2.05) is 0 Å². The smallest absolute Gasteiger partial charge is 0.347 e. The van der Waals surface area contributed by atoms with E-state index in [9.17, 15) is 9.59 Å². The molecular formula is C5H5NO3S. The summed E-state index contributed by atoms with van der Waals surface area (Å²) in [7, 11) is 1.53. The number of aryl methyl sites for hydroxylation is 1. The molecule has 10 heavy (non-hydrogen) atoms. The van der Waals surface area contributed by atoms with Crippen molar-refractivity contribution in [2.75, 3.05) is 0 Å². The third-order valence-corrected chi connectivity index (χ3v) is 1.95. The van der Waals surface area contributed by atoms with Gasteiger partial charge in [-0.15, -0.1) is 0 Å². The van der Waals surface area contributed by atoms with Gasteiger partial charge in [-0.05, 0) is 11.5 Å². The zero-order valence-corrected chi connectivity index (χ0v) is 6.01. The maximum absolute atomic E-state index is 10.7. The predicted molar refractivity (Wildman–Crippen MR) is 36.5 cm³/mol. The summed E-state index contributed by atoms with van der Waals surface area (Å²) in [5.41, 5.74) is -0.276. The number of carboxylic acid groups (broad SMARTS) is 1. The number of nitrogens with zero attached hydrogens (tertiary/aromatic N) is 1. The normalized spacial score (nSPS) is 9.70. The fourth-order valence-electron chi connectivity index (χ4n) is 0.523. The lowest BCUT2D eigenvalue weighted by molar-refractivity contribution is 0.0702. The largest absolute Gasteiger partial charge is 0.477 e. The van der Waals surface area contributed by atoms with Crippen molar-refractivity contribution in [3.8, 4) is 0 Å². The highest BCUT2D eigenvalue weighted by atomic mass is 32.1. The first-order valence-electron chi connectivity index (χ1n) is 2.52. The molecule has 0 aliphatic heterocycles. The molecule has 1 heterocycles. The van der Waals surface area contributed by atoms with Crippen molar-refractivity contribution in [2.45, 2.75) is 0 Å². The molecule has 54 valence electrons. The highest BCUT2D eigenvalue weighted by molar-refractivity contribution is 7.08. The number of carboxylic acids is 1. The highest BCUT2D eigenvalue weighted by Gasteiger charge is 2.06. The summed E-state index contributed by atoms with van der Waals surface area (Å²) in [5.74, 6) is -1.05. The average Bonchev–Trinajstić information content (AvgIpc) is 2.13. The van der Waals surface area contributed by atoms with Crippen molar-refractivity contribution < 1.29 is 9.90 Å². The zero-order valence-electron chi connectivity index (χ0n) is 5.20. The van der Waals surface area contributed by atoms with E-state index in [1.165, 1.54) is 11.0 Å². The molecule has 1 N–H and O–H groups in total. The maximum Gasteiger partial charge on any atom is 0.347 e. The number of carbonyl (C=O) groups is 1. The fraction of sp³-hybridized carbons (Fsp3) is 0.200. The van der Waals surface area contributed by atoms with Crippen LogP contribution in [0.25, 0.3) is 0 Å². The summed E-state index contributed by atoms with van der Waals surface area (Å²) in [6.07, 6.45) is 0. The van der Waals surface area contributed by atoms with Crippen LogP contribution in [-0.2, 0) is 7.05 Å². The lowest BCUT2D eigenvalue weighted by Crippen LogP contribution is -2.05. The molecule has 0 aromatic carbocycles. The number of rotatable bonds is 1. The molecule has 0 saturated carbocycles. The van der Waals surface area contributed by atoms with Crippen LogP contribution in [0.3, 0.4) is 0 Å². The van der Waals surface area contributed by atoms with Crippen LogP contribution in [-0.4, -0.2) is 15.0 Å². The minimum Gasteiger partial charge on any atom is -0.477 e. The first-order chi connectivity index (χ1) is 4.61. The fourth-order valence-corrected chi connectivity index (χ4v) is 1.19. The van der Waals surface area contributed by atoms with Crippen LogP contribution in [0.5, 0.6) is 0 Å². The van der Waals surface area contributed by atoms with Gasteiger partial charge >= 0.3 is 5.97 Å². The second-order valence-corrected chi connectivity index (χ2v) is 2.91. The molecule has 0 bridgehead atoms. The first kappa shape index (κ1) is 7.01. The quantitative estimate of drug-likeness (QED) is 0.634. The Morgan fingerprint density at radius 3 is 2.60 bits per heavy atom. The van der Waals surface area contributed by atoms with E-state index in [4.69, 9.17) is 5.11 Å². The molecule has 4 nitrogen and oxygen atoms in total. The molecule has 0 saturated heterocycles. The predicted octanol–water partition coefficient (Wildman–Crippen LogP) is 0.145. The SMILES string of the molecule is Cn1sc(C(=O)O)cc1=O. The standard InChI is InChI=1S/C5H5NO3S/c1-6-4(7)2-3(10-6)5(8)9/h2H,1H3,(H,8,9). The minimum atomic E-state index is -1.05. The summed E-state index contributed by atoms with van der Waals surface area (Å²) in [6.45, 7) is 0. The third kappa shape index (κ3) is 1.08. The van der Waals surface area contributed by atoms with Gasteiger partial charge in [0.05, 0.1) is 0 Å². The van der Waals surface area contributed by atoms with Crippen molar-refractivity contribution in [1.29, 1.82) is 0 Å². The Morgan fingerprint density at radius 2 is 2.40 bits per heavy atom. The Labute approximate surface area is 60.5 Å².